The third-order valence-electron chi connectivity index (χ3n) is 2.26. The quantitative estimate of drug-likeness (QED) is 0.847. The van der Waals surface area contributed by atoms with Gasteiger partial charge in [-0.2, -0.15) is 0 Å². The van der Waals surface area contributed by atoms with Gasteiger partial charge in [-0.15, -0.1) is 0 Å². The van der Waals surface area contributed by atoms with E-state index in [1.165, 1.54) is 12.1 Å². The molecule has 4 heteroatoms. The topological polar surface area (TPSA) is 49.3 Å². The van der Waals surface area contributed by atoms with E-state index in [0.29, 0.717) is 6.42 Å². The van der Waals surface area contributed by atoms with E-state index in [1.807, 2.05) is 20.8 Å². The lowest BCUT2D eigenvalue weighted by Crippen LogP contribution is -2.48. The van der Waals surface area contributed by atoms with Crippen molar-refractivity contribution in [2.45, 2.75) is 38.8 Å². The smallest absolute Gasteiger partial charge is 0.321 e. The fraction of sp³-hybridized carbons (Fsp3) is 0.462. The summed E-state index contributed by atoms with van der Waals surface area (Å²) in [5.74, 6) is -1.21. The molecule has 0 aliphatic rings. The Labute approximate surface area is 101 Å². The number of hydrogen-bond donors (Lipinski definition) is 2. The normalized spacial score (nSPS) is 13.4. The van der Waals surface area contributed by atoms with Gasteiger partial charge in [-0.3, -0.25) is 10.1 Å². The summed E-state index contributed by atoms with van der Waals surface area (Å²) < 4.78 is 12.7. The van der Waals surface area contributed by atoms with Crippen molar-refractivity contribution in [1.82, 2.24) is 5.32 Å². The summed E-state index contributed by atoms with van der Waals surface area (Å²) >= 11 is 0. The number of aliphatic carboxylic acids is 1. The molecule has 0 amide bonds. The lowest BCUT2D eigenvalue weighted by Gasteiger charge is -2.26. The van der Waals surface area contributed by atoms with E-state index in [2.05, 4.69) is 5.32 Å². The van der Waals surface area contributed by atoms with Gasteiger partial charge in [0, 0.05) is 5.54 Å². The third kappa shape index (κ3) is 4.95. The molecule has 0 aliphatic carbocycles. The minimum Gasteiger partial charge on any atom is -0.480 e. The lowest BCUT2D eigenvalue weighted by molar-refractivity contribution is -0.140. The van der Waals surface area contributed by atoms with Crippen molar-refractivity contribution >= 4 is 5.97 Å². The minimum atomic E-state index is -0.899. The summed E-state index contributed by atoms with van der Waals surface area (Å²) in [6.07, 6.45) is 0.340. The second kappa shape index (κ2) is 5.27. The Balaban J connectivity index is 2.73. The Morgan fingerprint density at radius 1 is 1.35 bits per heavy atom. The SMILES string of the molecule is CC(C)(C)NC(Cc1ccc(F)cc1)C(=O)O. The Bertz CT molecular complexity index is 381. The Morgan fingerprint density at radius 2 is 1.88 bits per heavy atom. The van der Waals surface area contributed by atoms with Gasteiger partial charge in [0.15, 0.2) is 0 Å². The lowest BCUT2D eigenvalue weighted by atomic mass is 10.0. The van der Waals surface area contributed by atoms with Crippen LogP contribution in [0.1, 0.15) is 26.3 Å². The van der Waals surface area contributed by atoms with E-state index in [4.69, 9.17) is 5.11 Å². The first-order chi connectivity index (χ1) is 7.78. The zero-order chi connectivity index (χ0) is 13.1. The van der Waals surface area contributed by atoms with Crippen LogP contribution in [0.4, 0.5) is 4.39 Å². The highest BCUT2D eigenvalue weighted by Crippen LogP contribution is 2.09. The molecule has 1 rings (SSSR count). The van der Waals surface area contributed by atoms with Crippen LogP contribution in [0.5, 0.6) is 0 Å². The van der Waals surface area contributed by atoms with Crippen molar-refractivity contribution in [1.29, 1.82) is 0 Å². The van der Waals surface area contributed by atoms with Crippen molar-refractivity contribution in [2.24, 2.45) is 0 Å². The molecule has 0 saturated carbocycles. The third-order valence-corrected chi connectivity index (χ3v) is 2.26. The van der Waals surface area contributed by atoms with E-state index in [1.54, 1.807) is 12.1 Å². The fourth-order valence-electron chi connectivity index (χ4n) is 1.58. The number of rotatable bonds is 4. The summed E-state index contributed by atoms with van der Waals surface area (Å²) in [6.45, 7) is 5.73. The van der Waals surface area contributed by atoms with Crippen LogP contribution < -0.4 is 5.32 Å². The van der Waals surface area contributed by atoms with Crippen molar-refractivity contribution in [2.75, 3.05) is 0 Å². The average molecular weight is 239 g/mol. The van der Waals surface area contributed by atoms with Crippen LogP contribution in [-0.4, -0.2) is 22.7 Å². The van der Waals surface area contributed by atoms with Crippen LogP contribution >= 0.6 is 0 Å². The van der Waals surface area contributed by atoms with E-state index in [-0.39, 0.29) is 11.4 Å². The van der Waals surface area contributed by atoms with Crippen molar-refractivity contribution < 1.29 is 14.3 Å². The average Bonchev–Trinajstić information content (AvgIpc) is 2.18. The maximum absolute atomic E-state index is 12.7. The molecule has 0 bridgehead atoms. The Kier molecular flexibility index (Phi) is 4.23. The number of carboxylic acid groups (broad SMARTS) is 1. The predicted molar refractivity (Wildman–Crippen MR) is 64.4 cm³/mol. The monoisotopic (exact) mass is 239 g/mol. The standard InChI is InChI=1S/C13H18FNO2/c1-13(2,3)15-11(12(16)17)8-9-4-6-10(14)7-5-9/h4-7,11,15H,8H2,1-3H3,(H,16,17). The van der Waals surface area contributed by atoms with Gasteiger partial charge in [0.2, 0.25) is 0 Å². The summed E-state index contributed by atoms with van der Waals surface area (Å²) in [5.41, 5.74) is 0.527. The highest BCUT2D eigenvalue weighted by Gasteiger charge is 2.23. The van der Waals surface area contributed by atoms with Crippen LogP contribution in [-0.2, 0) is 11.2 Å². The number of nitrogens with one attached hydrogen (secondary N) is 1. The first-order valence-corrected chi connectivity index (χ1v) is 5.53. The Morgan fingerprint density at radius 3 is 2.29 bits per heavy atom. The summed E-state index contributed by atoms with van der Waals surface area (Å²) in [6, 6.07) is 5.22. The number of carbonyl (C=O) groups is 1. The molecular weight excluding hydrogens is 221 g/mol. The van der Waals surface area contributed by atoms with Gasteiger partial charge in [-0.05, 0) is 44.9 Å². The molecule has 0 heterocycles. The minimum absolute atomic E-state index is 0.275. The van der Waals surface area contributed by atoms with Crippen molar-refractivity contribution in [3.8, 4) is 0 Å². The van der Waals surface area contributed by atoms with Gasteiger partial charge in [0.1, 0.15) is 11.9 Å². The molecule has 0 aromatic heterocycles. The van der Waals surface area contributed by atoms with Gasteiger partial charge in [0.05, 0.1) is 0 Å². The summed E-state index contributed by atoms with van der Waals surface area (Å²) in [5, 5.41) is 12.1. The van der Waals surface area contributed by atoms with Crippen LogP contribution in [0.2, 0.25) is 0 Å². The highest BCUT2D eigenvalue weighted by molar-refractivity contribution is 5.74. The molecule has 1 aromatic rings. The van der Waals surface area contributed by atoms with Crippen LogP contribution in [0, 0.1) is 5.82 Å². The maximum Gasteiger partial charge on any atom is 0.321 e. The molecule has 3 nitrogen and oxygen atoms in total. The number of hydrogen-bond acceptors (Lipinski definition) is 2. The molecule has 0 radical (unpaired) electrons. The predicted octanol–water partition coefficient (Wildman–Crippen LogP) is 2.21. The molecule has 0 saturated heterocycles. The van der Waals surface area contributed by atoms with Gasteiger partial charge in [-0.1, -0.05) is 12.1 Å². The molecule has 1 atom stereocenters. The molecule has 0 aliphatic heterocycles. The fourth-order valence-corrected chi connectivity index (χ4v) is 1.58. The van der Waals surface area contributed by atoms with Crippen LogP contribution in [0.15, 0.2) is 24.3 Å². The maximum atomic E-state index is 12.7. The van der Waals surface area contributed by atoms with E-state index < -0.39 is 12.0 Å². The highest BCUT2D eigenvalue weighted by atomic mass is 19.1. The first-order valence-electron chi connectivity index (χ1n) is 5.53. The van der Waals surface area contributed by atoms with Crippen molar-refractivity contribution in [3.05, 3.63) is 35.6 Å². The first kappa shape index (κ1) is 13.6. The number of benzene rings is 1. The zero-order valence-electron chi connectivity index (χ0n) is 10.3. The summed E-state index contributed by atoms with van der Waals surface area (Å²) in [7, 11) is 0. The molecule has 0 fully saturated rings. The van der Waals surface area contributed by atoms with Gasteiger partial charge in [0.25, 0.3) is 0 Å². The molecule has 1 unspecified atom stereocenters. The van der Waals surface area contributed by atoms with Crippen LogP contribution in [0.25, 0.3) is 0 Å². The van der Waals surface area contributed by atoms with Gasteiger partial charge >= 0.3 is 5.97 Å². The van der Waals surface area contributed by atoms with Crippen molar-refractivity contribution in [3.63, 3.8) is 0 Å². The molecule has 17 heavy (non-hydrogen) atoms. The second-order valence-electron chi connectivity index (χ2n) is 5.12. The van der Waals surface area contributed by atoms with Gasteiger partial charge in [-0.25, -0.2) is 4.39 Å². The Hall–Kier alpha value is -1.42. The summed E-state index contributed by atoms with van der Waals surface area (Å²) in [4.78, 5) is 11.1. The second-order valence-corrected chi connectivity index (χ2v) is 5.12. The molecular formula is C13H18FNO2. The number of halogens is 1. The van der Waals surface area contributed by atoms with E-state index in [0.717, 1.165) is 5.56 Å². The molecule has 1 aromatic carbocycles. The van der Waals surface area contributed by atoms with E-state index in [9.17, 15) is 9.18 Å². The molecule has 0 spiro atoms. The number of carboxylic acids is 1. The molecule has 2 N–H and O–H groups in total. The zero-order valence-corrected chi connectivity index (χ0v) is 10.3. The van der Waals surface area contributed by atoms with Crippen LogP contribution in [0.3, 0.4) is 0 Å². The van der Waals surface area contributed by atoms with E-state index >= 15 is 0 Å². The van der Waals surface area contributed by atoms with Gasteiger partial charge < -0.3 is 5.11 Å². The molecule has 94 valence electrons. The largest absolute Gasteiger partial charge is 0.480 e.